The number of carbonyl (C=O) groups excluding carboxylic acids is 1. The van der Waals surface area contributed by atoms with E-state index in [0.717, 1.165) is 11.1 Å². The van der Waals surface area contributed by atoms with Crippen LogP contribution in [0.5, 0.6) is 0 Å². The smallest absolute Gasteiger partial charge is 0.314 e. The summed E-state index contributed by atoms with van der Waals surface area (Å²) in [6.07, 6.45) is 6.34. The highest BCUT2D eigenvalue weighted by Crippen LogP contribution is 2.28. The number of hydrogen-bond acceptors (Lipinski definition) is 2. The highest BCUT2D eigenvalue weighted by Gasteiger charge is 2.29. The molecule has 2 atom stereocenters. The maximum atomic E-state index is 12.2. The largest absolute Gasteiger partial charge is 0.469 e. The normalized spacial score (nSPS) is 13.0. The summed E-state index contributed by atoms with van der Waals surface area (Å²) in [6, 6.07) is 19.5. The predicted molar refractivity (Wildman–Crippen MR) is 83.7 cm³/mol. The van der Waals surface area contributed by atoms with Crippen molar-refractivity contribution in [3.05, 3.63) is 71.8 Å². The summed E-state index contributed by atoms with van der Waals surface area (Å²) in [7, 11) is 1.40. The third-order valence-electron chi connectivity index (χ3n) is 3.53. The fourth-order valence-electron chi connectivity index (χ4n) is 2.46. The molecule has 106 valence electrons. The highest BCUT2D eigenvalue weighted by molar-refractivity contribution is 5.79. The summed E-state index contributed by atoms with van der Waals surface area (Å²) in [4.78, 5) is 12.2. The van der Waals surface area contributed by atoms with Crippen LogP contribution in [0.4, 0.5) is 0 Å². The molecule has 2 nitrogen and oxygen atoms in total. The van der Waals surface area contributed by atoms with E-state index < -0.39 is 5.92 Å². The quantitative estimate of drug-likeness (QED) is 0.618. The number of ether oxygens (including phenoxy) is 1. The topological polar surface area (TPSA) is 26.3 Å². The van der Waals surface area contributed by atoms with Gasteiger partial charge in [0.1, 0.15) is 0 Å². The molecule has 21 heavy (non-hydrogen) atoms. The van der Waals surface area contributed by atoms with Crippen molar-refractivity contribution in [1.29, 1.82) is 0 Å². The van der Waals surface area contributed by atoms with Gasteiger partial charge in [-0.1, -0.05) is 60.7 Å². The van der Waals surface area contributed by atoms with Crippen molar-refractivity contribution in [2.75, 3.05) is 7.11 Å². The first-order valence-electron chi connectivity index (χ1n) is 6.89. The Morgan fingerprint density at radius 3 is 2.19 bits per heavy atom. The molecule has 0 saturated carbocycles. The number of terminal acetylenes is 1. The van der Waals surface area contributed by atoms with Crippen molar-refractivity contribution >= 4 is 5.97 Å². The minimum Gasteiger partial charge on any atom is -0.469 e. The minimum absolute atomic E-state index is 0.234. The SMILES string of the molecule is C#CC(Cc1ccccc1)C(C(=O)OC)c1ccccc1. The summed E-state index contributed by atoms with van der Waals surface area (Å²) in [5.74, 6) is 1.79. The van der Waals surface area contributed by atoms with E-state index in [1.807, 2.05) is 60.7 Å². The standard InChI is InChI=1S/C19H18O2/c1-3-16(14-15-10-6-4-7-11-15)18(19(20)21-2)17-12-8-5-9-13-17/h1,4-13,16,18H,14H2,2H3. The highest BCUT2D eigenvalue weighted by atomic mass is 16.5. The lowest BCUT2D eigenvalue weighted by Gasteiger charge is -2.21. The molecule has 0 amide bonds. The lowest BCUT2D eigenvalue weighted by Crippen LogP contribution is -2.24. The summed E-state index contributed by atoms with van der Waals surface area (Å²) in [5.41, 5.74) is 2.01. The molecule has 0 fully saturated rings. The van der Waals surface area contributed by atoms with E-state index in [9.17, 15) is 4.79 Å². The van der Waals surface area contributed by atoms with Crippen molar-refractivity contribution in [3.8, 4) is 12.3 Å². The van der Waals surface area contributed by atoms with Crippen LogP contribution in [0.25, 0.3) is 0 Å². The predicted octanol–water partition coefficient (Wildman–Crippen LogP) is 3.44. The van der Waals surface area contributed by atoms with Gasteiger partial charge in [-0.15, -0.1) is 12.3 Å². The number of hydrogen-bond donors (Lipinski definition) is 0. The third kappa shape index (κ3) is 3.73. The van der Waals surface area contributed by atoms with Gasteiger partial charge in [0.2, 0.25) is 0 Å². The van der Waals surface area contributed by atoms with Crippen LogP contribution >= 0.6 is 0 Å². The van der Waals surface area contributed by atoms with E-state index in [1.165, 1.54) is 7.11 Å². The molecule has 0 aliphatic heterocycles. The number of carbonyl (C=O) groups is 1. The molecule has 2 heteroatoms. The molecule has 0 aromatic heterocycles. The molecule has 2 unspecified atom stereocenters. The Labute approximate surface area is 125 Å². The van der Waals surface area contributed by atoms with Gasteiger partial charge in [0.25, 0.3) is 0 Å². The van der Waals surface area contributed by atoms with Crippen molar-refractivity contribution in [2.45, 2.75) is 12.3 Å². The third-order valence-corrected chi connectivity index (χ3v) is 3.53. The van der Waals surface area contributed by atoms with Gasteiger partial charge in [0.05, 0.1) is 13.0 Å². The maximum absolute atomic E-state index is 12.2. The fraction of sp³-hybridized carbons (Fsp3) is 0.211. The average Bonchev–Trinajstić information content (AvgIpc) is 2.56. The Morgan fingerprint density at radius 2 is 1.67 bits per heavy atom. The molecule has 0 heterocycles. The van der Waals surface area contributed by atoms with Crippen molar-refractivity contribution < 1.29 is 9.53 Å². The van der Waals surface area contributed by atoms with Crippen LogP contribution in [0, 0.1) is 18.3 Å². The lowest BCUT2D eigenvalue weighted by atomic mass is 9.82. The van der Waals surface area contributed by atoms with E-state index in [1.54, 1.807) is 0 Å². The van der Waals surface area contributed by atoms with Crippen molar-refractivity contribution in [3.63, 3.8) is 0 Å². The maximum Gasteiger partial charge on any atom is 0.314 e. The molecule has 2 aromatic carbocycles. The van der Waals surface area contributed by atoms with Crippen molar-refractivity contribution in [1.82, 2.24) is 0 Å². The second-order valence-corrected chi connectivity index (χ2v) is 4.87. The van der Waals surface area contributed by atoms with Crippen LogP contribution in [-0.4, -0.2) is 13.1 Å². The van der Waals surface area contributed by atoms with Gasteiger partial charge in [-0.3, -0.25) is 4.79 Å². The number of rotatable bonds is 5. The van der Waals surface area contributed by atoms with Crippen LogP contribution in [-0.2, 0) is 16.0 Å². The molecular formula is C19H18O2. The zero-order chi connectivity index (χ0) is 15.1. The minimum atomic E-state index is -0.443. The van der Waals surface area contributed by atoms with Gasteiger partial charge >= 0.3 is 5.97 Å². The average molecular weight is 278 g/mol. The van der Waals surface area contributed by atoms with Gasteiger partial charge in [-0.2, -0.15) is 0 Å². The molecule has 0 spiro atoms. The van der Waals surface area contributed by atoms with Crippen LogP contribution in [0.1, 0.15) is 17.0 Å². The first-order chi connectivity index (χ1) is 10.3. The monoisotopic (exact) mass is 278 g/mol. The Morgan fingerprint density at radius 1 is 1.10 bits per heavy atom. The Balaban J connectivity index is 2.30. The summed E-state index contributed by atoms with van der Waals surface area (Å²) < 4.78 is 4.95. The van der Waals surface area contributed by atoms with E-state index >= 15 is 0 Å². The van der Waals surface area contributed by atoms with Gasteiger partial charge in [-0.05, 0) is 17.5 Å². The van der Waals surface area contributed by atoms with E-state index in [0.29, 0.717) is 6.42 Å². The number of benzene rings is 2. The zero-order valence-electron chi connectivity index (χ0n) is 12.0. The van der Waals surface area contributed by atoms with Crippen LogP contribution < -0.4 is 0 Å². The fourth-order valence-corrected chi connectivity index (χ4v) is 2.46. The summed E-state index contributed by atoms with van der Waals surface area (Å²) >= 11 is 0. The van der Waals surface area contributed by atoms with Gasteiger partial charge < -0.3 is 4.74 Å². The van der Waals surface area contributed by atoms with E-state index in [2.05, 4.69) is 5.92 Å². The molecule has 0 aliphatic rings. The van der Waals surface area contributed by atoms with Crippen LogP contribution in [0.3, 0.4) is 0 Å². The Bertz CT molecular complexity index is 611. The molecule has 0 N–H and O–H groups in total. The van der Waals surface area contributed by atoms with E-state index in [4.69, 9.17) is 11.2 Å². The van der Waals surface area contributed by atoms with Crippen LogP contribution in [0.2, 0.25) is 0 Å². The first-order valence-corrected chi connectivity index (χ1v) is 6.89. The van der Waals surface area contributed by atoms with Crippen LogP contribution in [0.15, 0.2) is 60.7 Å². The van der Waals surface area contributed by atoms with E-state index in [-0.39, 0.29) is 11.9 Å². The van der Waals surface area contributed by atoms with Gasteiger partial charge in [-0.25, -0.2) is 0 Å². The second kappa shape index (κ2) is 7.31. The molecule has 0 radical (unpaired) electrons. The van der Waals surface area contributed by atoms with Gasteiger partial charge in [0, 0.05) is 5.92 Å². The second-order valence-electron chi connectivity index (χ2n) is 4.87. The molecule has 0 bridgehead atoms. The Hall–Kier alpha value is -2.53. The zero-order valence-corrected chi connectivity index (χ0v) is 12.0. The Kier molecular flexibility index (Phi) is 5.17. The van der Waals surface area contributed by atoms with Gasteiger partial charge in [0.15, 0.2) is 0 Å². The number of methoxy groups -OCH3 is 1. The lowest BCUT2D eigenvalue weighted by molar-refractivity contribution is -0.143. The first kappa shape index (κ1) is 14.9. The number of esters is 1. The molecule has 0 aliphatic carbocycles. The van der Waals surface area contributed by atoms with Crippen molar-refractivity contribution in [2.24, 2.45) is 5.92 Å². The molecule has 2 rings (SSSR count). The molecule has 0 saturated heterocycles. The summed E-state index contributed by atoms with van der Waals surface area (Å²) in [5, 5.41) is 0. The molecular weight excluding hydrogens is 260 g/mol. The molecule has 2 aromatic rings. The summed E-state index contributed by atoms with van der Waals surface area (Å²) in [6.45, 7) is 0.